The summed E-state index contributed by atoms with van der Waals surface area (Å²) in [4.78, 5) is 25.6. The van der Waals surface area contributed by atoms with Crippen molar-refractivity contribution in [1.29, 1.82) is 0 Å². The number of rotatable bonds is 2. The molecule has 0 atom stereocenters. The van der Waals surface area contributed by atoms with E-state index >= 15 is 0 Å². The van der Waals surface area contributed by atoms with Crippen LogP contribution < -0.4 is 10.2 Å². The van der Waals surface area contributed by atoms with E-state index in [-0.39, 0.29) is 37.7 Å². The molecular weight excluding hydrogens is 393 g/mol. The average Bonchev–Trinajstić information content (AvgIpc) is 2.41. The minimum atomic E-state index is -2.04. The summed E-state index contributed by atoms with van der Waals surface area (Å²) in [6, 6.07) is 0. The summed E-state index contributed by atoms with van der Waals surface area (Å²) in [6.45, 7) is 0. The van der Waals surface area contributed by atoms with Crippen molar-refractivity contribution in [2.24, 2.45) is 0 Å². The SMILES string of the molecule is O=[C]([O-])[Ge]1=[CH]C=CC=[CH]1.O=[C]([O-])[Ge]1=[CH]C=CC=[CH]1.[Ca+2]. The number of hydrogen-bond donors (Lipinski definition) is 0. The molecule has 0 aromatic rings. The molecule has 0 unspecified atom stereocenters. The molecule has 19 heavy (non-hydrogen) atoms. The molecule has 4 nitrogen and oxygen atoms in total. The van der Waals surface area contributed by atoms with E-state index in [4.69, 9.17) is 0 Å². The van der Waals surface area contributed by atoms with Gasteiger partial charge in [-0.1, -0.05) is 0 Å². The molecule has 0 amide bonds. The van der Waals surface area contributed by atoms with Crippen LogP contribution in [0.25, 0.3) is 0 Å². The van der Waals surface area contributed by atoms with Crippen molar-refractivity contribution in [3.63, 3.8) is 0 Å². The van der Waals surface area contributed by atoms with Crippen LogP contribution in [0, 0.1) is 0 Å². The van der Waals surface area contributed by atoms with Crippen LogP contribution >= 0.6 is 0 Å². The van der Waals surface area contributed by atoms with Crippen molar-refractivity contribution in [2.45, 2.75) is 0 Å². The van der Waals surface area contributed by atoms with Crippen molar-refractivity contribution in [3.05, 3.63) is 46.3 Å². The Morgan fingerprint density at radius 2 is 1.05 bits per heavy atom. The van der Waals surface area contributed by atoms with Gasteiger partial charge in [0.05, 0.1) is 0 Å². The maximum Gasteiger partial charge on any atom is 2.00 e. The predicted octanol–water partition coefficient (Wildman–Crippen LogP) is -1.47. The zero-order valence-electron chi connectivity index (χ0n) is 10.1. The summed E-state index contributed by atoms with van der Waals surface area (Å²) in [5, 5.41) is 20.4. The van der Waals surface area contributed by atoms with Crippen LogP contribution in [0.2, 0.25) is 0 Å². The summed E-state index contributed by atoms with van der Waals surface area (Å²) in [7, 11) is 0. The molecule has 2 aliphatic heterocycles. The largest absolute Gasteiger partial charge is 2.00 e. The van der Waals surface area contributed by atoms with Crippen molar-refractivity contribution >= 4 is 84.9 Å². The van der Waals surface area contributed by atoms with Gasteiger partial charge in [-0.3, -0.25) is 0 Å². The van der Waals surface area contributed by atoms with Crippen LogP contribution in [-0.2, 0) is 0 Å². The first-order valence-corrected chi connectivity index (χ1v) is 12.1. The fourth-order valence-corrected chi connectivity index (χ4v) is 5.43. The molecule has 7 heteroatoms. The molecular formula is C12H10CaGe2O4. The first-order valence-electron chi connectivity index (χ1n) is 5.14. The van der Waals surface area contributed by atoms with Crippen LogP contribution in [0.4, 0.5) is 9.59 Å². The van der Waals surface area contributed by atoms with Crippen molar-refractivity contribution in [1.82, 2.24) is 0 Å². The van der Waals surface area contributed by atoms with Crippen molar-refractivity contribution in [2.75, 3.05) is 0 Å². The van der Waals surface area contributed by atoms with Gasteiger partial charge in [-0.05, 0) is 0 Å². The minimum absolute atomic E-state index is 0. The molecule has 92 valence electrons. The summed E-state index contributed by atoms with van der Waals surface area (Å²) < 4.78 is 0. The third kappa shape index (κ3) is 7.99. The molecule has 0 aromatic carbocycles. The van der Waals surface area contributed by atoms with Gasteiger partial charge in [-0.25, -0.2) is 0 Å². The maximum absolute atomic E-state index is 10.2. The van der Waals surface area contributed by atoms with E-state index in [1.54, 1.807) is 43.8 Å². The van der Waals surface area contributed by atoms with Gasteiger partial charge in [0.1, 0.15) is 0 Å². The van der Waals surface area contributed by atoms with Gasteiger partial charge in [-0.2, -0.15) is 0 Å². The molecule has 2 aliphatic rings. The van der Waals surface area contributed by atoms with Gasteiger partial charge in [-0.15, -0.1) is 0 Å². The van der Waals surface area contributed by atoms with Crippen LogP contribution in [0.1, 0.15) is 0 Å². The predicted molar refractivity (Wildman–Crippen MR) is 76.7 cm³/mol. The number of carbonyl (C=O) groups excluding carboxylic acids is 2. The number of hydrogen-bond acceptors (Lipinski definition) is 4. The summed E-state index contributed by atoms with van der Waals surface area (Å²) in [5.74, 6) is 0. The Hall–Kier alpha value is -0.0145. The molecule has 0 bridgehead atoms. The fraction of sp³-hybridized carbons (Fsp3) is 0. The van der Waals surface area contributed by atoms with E-state index in [0.717, 1.165) is 0 Å². The van der Waals surface area contributed by atoms with Gasteiger partial charge < -0.3 is 0 Å². The van der Waals surface area contributed by atoms with Gasteiger partial charge in [0.15, 0.2) is 0 Å². The Balaban J connectivity index is 0.000000324. The third-order valence-electron chi connectivity index (χ3n) is 2.02. The minimum Gasteiger partial charge on any atom is 2.00 e. The average molecular weight is 404 g/mol. The number of carboxylic acid groups (broad SMARTS) is 2. The van der Waals surface area contributed by atoms with E-state index < -0.39 is 37.4 Å². The number of carbonyl (C=O) groups is 2. The quantitative estimate of drug-likeness (QED) is 0.528. The topological polar surface area (TPSA) is 80.3 Å². The third-order valence-corrected chi connectivity index (χ3v) is 8.63. The molecule has 0 radical (unpaired) electrons. The first kappa shape index (κ1) is 19.0. The summed E-state index contributed by atoms with van der Waals surface area (Å²) >= 11 is -4.07. The maximum atomic E-state index is 10.2. The molecule has 0 aliphatic carbocycles. The van der Waals surface area contributed by atoms with Crippen LogP contribution in [0.5, 0.6) is 0 Å². The summed E-state index contributed by atoms with van der Waals surface area (Å²) in [6.07, 6.45) is 10.7. The summed E-state index contributed by atoms with van der Waals surface area (Å²) in [5.41, 5.74) is 0. The second-order valence-corrected chi connectivity index (χ2v) is 11.6. The molecule has 2 heterocycles. The Morgan fingerprint density at radius 3 is 1.21 bits per heavy atom. The van der Waals surface area contributed by atoms with Gasteiger partial charge in [0.2, 0.25) is 0 Å². The van der Waals surface area contributed by atoms with Crippen LogP contribution in [-0.4, -0.2) is 84.9 Å². The van der Waals surface area contributed by atoms with Crippen molar-refractivity contribution in [3.8, 4) is 0 Å². The molecule has 0 saturated heterocycles. The normalized spacial score (nSPS) is 14.5. The van der Waals surface area contributed by atoms with Gasteiger partial charge in [0, 0.05) is 0 Å². The van der Waals surface area contributed by atoms with Gasteiger partial charge >= 0.3 is 151 Å². The smallest absolute Gasteiger partial charge is 2.00 e. The molecule has 0 fully saturated rings. The molecule has 2 rings (SSSR count). The molecule has 0 spiro atoms. The Bertz CT molecular complexity index is 480. The standard InChI is InChI=1S/2C6H6GeO2.Ca/c2*8-6(9)7-4-2-1-3-5-7;/h2*1-5H,(H,8,9);/q;;+2/p-2. The van der Waals surface area contributed by atoms with Crippen molar-refractivity contribution < 1.29 is 19.8 Å². The van der Waals surface area contributed by atoms with E-state index in [9.17, 15) is 19.8 Å². The molecule has 0 saturated carbocycles. The molecule has 0 N–H and O–H groups in total. The van der Waals surface area contributed by atoms with E-state index in [1.807, 2.05) is 12.2 Å². The second kappa shape index (κ2) is 10.7. The van der Waals surface area contributed by atoms with E-state index in [0.29, 0.717) is 0 Å². The first-order chi connectivity index (χ1) is 8.61. The Morgan fingerprint density at radius 1 is 0.684 bits per heavy atom. The van der Waals surface area contributed by atoms with E-state index in [2.05, 4.69) is 0 Å². The molecule has 0 aromatic heterocycles. The zero-order valence-corrected chi connectivity index (χ0v) is 16.5. The Kier molecular flexibility index (Phi) is 10.7. The number of allylic oxidation sites excluding steroid dienone is 6. The van der Waals surface area contributed by atoms with E-state index in [1.165, 1.54) is 0 Å². The van der Waals surface area contributed by atoms with Crippen LogP contribution in [0.3, 0.4) is 0 Å². The Labute approximate surface area is 149 Å². The zero-order chi connectivity index (χ0) is 13.4. The monoisotopic (exact) mass is 406 g/mol. The second-order valence-electron chi connectivity index (χ2n) is 3.31. The van der Waals surface area contributed by atoms with Gasteiger partial charge in [0.25, 0.3) is 0 Å². The fourth-order valence-electron chi connectivity index (χ4n) is 1.15. The van der Waals surface area contributed by atoms with Crippen LogP contribution in [0.15, 0.2) is 46.3 Å².